The number of fused-ring (bicyclic) bond motifs is 1. The van der Waals surface area contributed by atoms with E-state index in [0.717, 1.165) is 0 Å². The van der Waals surface area contributed by atoms with E-state index in [1.807, 2.05) is 6.92 Å². The summed E-state index contributed by atoms with van der Waals surface area (Å²) in [6.07, 6.45) is 0. The minimum atomic E-state index is -3.34. The van der Waals surface area contributed by atoms with Gasteiger partial charge < -0.3 is 5.32 Å². The van der Waals surface area contributed by atoms with Gasteiger partial charge in [0.1, 0.15) is 5.82 Å². The van der Waals surface area contributed by atoms with Crippen molar-refractivity contribution in [3.63, 3.8) is 0 Å². The summed E-state index contributed by atoms with van der Waals surface area (Å²) in [6, 6.07) is 3.76. The van der Waals surface area contributed by atoms with Gasteiger partial charge in [-0.25, -0.2) is 12.8 Å². The van der Waals surface area contributed by atoms with Crippen LogP contribution in [0.2, 0.25) is 0 Å². The molecule has 0 radical (unpaired) electrons. The van der Waals surface area contributed by atoms with Crippen LogP contribution in [0.25, 0.3) is 0 Å². The van der Waals surface area contributed by atoms with E-state index < -0.39 is 20.9 Å². The van der Waals surface area contributed by atoms with E-state index >= 15 is 0 Å². The second-order valence-electron chi connectivity index (χ2n) is 4.56. The summed E-state index contributed by atoms with van der Waals surface area (Å²) >= 11 is 0. The Bertz CT molecular complexity index is 541. The van der Waals surface area contributed by atoms with Gasteiger partial charge in [0.25, 0.3) is 0 Å². The van der Waals surface area contributed by atoms with Crippen LogP contribution >= 0.6 is 0 Å². The summed E-state index contributed by atoms with van der Waals surface area (Å²) < 4.78 is 37.7. The monoisotopic (exact) mass is 257 g/mol. The number of rotatable bonds is 1. The Kier molecular flexibility index (Phi) is 2.99. The second kappa shape index (κ2) is 4.07. The average molecular weight is 257 g/mol. The molecule has 0 amide bonds. The van der Waals surface area contributed by atoms with Crippen LogP contribution in [0.3, 0.4) is 0 Å². The van der Waals surface area contributed by atoms with Crippen LogP contribution in [0.15, 0.2) is 23.1 Å². The predicted octanol–water partition coefficient (Wildman–Crippen LogP) is 1.90. The summed E-state index contributed by atoms with van der Waals surface area (Å²) in [7, 11) is -1.57. The number of hydrogen-bond acceptors (Lipinski definition) is 3. The van der Waals surface area contributed by atoms with E-state index in [4.69, 9.17) is 0 Å². The summed E-state index contributed by atoms with van der Waals surface area (Å²) in [5.41, 5.74) is 0.540. The van der Waals surface area contributed by atoms with Crippen LogP contribution in [0.1, 0.15) is 25.5 Å². The van der Waals surface area contributed by atoms with Crippen molar-refractivity contribution in [3.05, 3.63) is 29.6 Å². The van der Waals surface area contributed by atoms with Crippen LogP contribution in [-0.2, 0) is 9.84 Å². The SMILES string of the molecule is CNC1c2cc(F)ccc2S(=O)(=O)C(C)C1C. The average Bonchev–Trinajstić information content (AvgIpc) is 2.27. The van der Waals surface area contributed by atoms with E-state index in [0.29, 0.717) is 5.56 Å². The van der Waals surface area contributed by atoms with Crippen molar-refractivity contribution >= 4 is 9.84 Å². The molecule has 1 aliphatic rings. The Labute approximate surface area is 101 Å². The molecule has 0 spiro atoms. The Morgan fingerprint density at radius 2 is 1.94 bits per heavy atom. The van der Waals surface area contributed by atoms with Crippen LogP contribution < -0.4 is 5.32 Å². The molecule has 1 aromatic carbocycles. The van der Waals surface area contributed by atoms with Crippen LogP contribution in [0, 0.1) is 11.7 Å². The highest BCUT2D eigenvalue weighted by Gasteiger charge is 2.41. The van der Waals surface area contributed by atoms with Crippen molar-refractivity contribution in [2.75, 3.05) is 7.05 Å². The minimum absolute atomic E-state index is 0.0840. The number of halogens is 1. The van der Waals surface area contributed by atoms with Crippen molar-refractivity contribution in [2.24, 2.45) is 5.92 Å². The molecule has 94 valence electrons. The largest absolute Gasteiger partial charge is 0.313 e. The first kappa shape index (κ1) is 12.5. The number of nitrogens with one attached hydrogen (secondary N) is 1. The second-order valence-corrected chi connectivity index (χ2v) is 6.83. The van der Waals surface area contributed by atoms with Gasteiger partial charge in [0.05, 0.1) is 10.1 Å². The molecule has 1 aliphatic heterocycles. The fourth-order valence-electron chi connectivity index (χ4n) is 2.48. The molecule has 3 atom stereocenters. The lowest BCUT2D eigenvalue weighted by Gasteiger charge is -2.35. The van der Waals surface area contributed by atoms with Gasteiger partial charge in [-0.05, 0) is 43.7 Å². The number of hydrogen-bond donors (Lipinski definition) is 1. The first-order chi connectivity index (χ1) is 7.89. The van der Waals surface area contributed by atoms with Gasteiger partial charge in [0.15, 0.2) is 9.84 Å². The molecule has 3 unspecified atom stereocenters. The van der Waals surface area contributed by atoms with Gasteiger partial charge >= 0.3 is 0 Å². The van der Waals surface area contributed by atoms with Gasteiger partial charge in [-0.3, -0.25) is 0 Å². The van der Waals surface area contributed by atoms with Gasteiger partial charge in [-0.2, -0.15) is 0 Å². The van der Waals surface area contributed by atoms with Crippen molar-refractivity contribution in [1.29, 1.82) is 0 Å². The third-order valence-electron chi connectivity index (χ3n) is 3.68. The Hall–Kier alpha value is -0.940. The molecule has 17 heavy (non-hydrogen) atoms. The van der Waals surface area contributed by atoms with Crippen LogP contribution in [-0.4, -0.2) is 20.7 Å². The predicted molar refractivity (Wildman–Crippen MR) is 64.0 cm³/mol. The highest BCUT2D eigenvalue weighted by molar-refractivity contribution is 7.92. The van der Waals surface area contributed by atoms with Crippen molar-refractivity contribution < 1.29 is 12.8 Å². The summed E-state index contributed by atoms with van der Waals surface area (Å²) in [4.78, 5) is 0.254. The molecule has 3 nitrogen and oxygen atoms in total. The summed E-state index contributed by atoms with van der Waals surface area (Å²) in [5.74, 6) is -0.486. The standard InChI is InChI=1S/C12H16FNO2S/c1-7-8(2)17(15,16)11-5-4-9(13)6-10(11)12(7)14-3/h4-8,12,14H,1-3H3. The van der Waals surface area contributed by atoms with E-state index in [2.05, 4.69) is 5.32 Å². The fraction of sp³-hybridized carbons (Fsp3) is 0.500. The molecule has 0 fully saturated rings. The van der Waals surface area contributed by atoms with E-state index in [9.17, 15) is 12.8 Å². The first-order valence-electron chi connectivity index (χ1n) is 5.60. The Morgan fingerprint density at radius 3 is 2.53 bits per heavy atom. The van der Waals surface area contributed by atoms with Crippen molar-refractivity contribution in [2.45, 2.75) is 30.0 Å². The third-order valence-corrected chi connectivity index (χ3v) is 6.07. The molecular weight excluding hydrogens is 241 g/mol. The maximum absolute atomic E-state index is 13.3. The molecule has 0 bridgehead atoms. The maximum Gasteiger partial charge on any atom is 0.181 e. The molecular formula is C12H16FNO2S. The van der Waals surface area contributed by atoms with Gasteiger partial charge in [0.2, 0.25) is 0 Å². The first-order valence-corrected chi connectivity index (χ1v) is 7.15. The molecule has 1 heterocycles. The number of sulfone groups is 1. The molecule has 0 saturated carbocycles. The topological polar surface area (TPSA) is 46.2 Å². The fourth-order valence-corrected chi connectivity index (χ4v) is 4.37. The zero-order valence-corrected chi connectivity index (χ0v) is 10.9. The molecule has 0 aliphatic carbocycles. The van der Waals surface area contributed by atoms with Crippen LogP contribution in [0.4, 0.5) is 4.39 Å². The highest BCUT2D eigenvalue weighted by Crippen LogP contribution is 2.39. The lowest BCUT2D eigenvalue weighted by atomic mass is 9.91. The molecule has 1 aromatic rings. The number of benzene rings is 1. The Morgan fingerprint density at radius 1 is 1.29 bits per heavy atom. The third kappa shape index (κ3) is 1.77. The molecule has 0 aromatic heterocycles. The smallest absolute Gasteiger partial charge is 0.181 e. The molecule has 1 N–H and O–H groups in total. The van der Waals surface area contributed by atoms with Gasteiger partial charge in [-0.1, -0.05) is 6.92 Å². The van der Waals surface area contributed by atoms with Gasteiger partial charge in [-0.15, -0.1) is 0 Å². The van der Waals surface area contributed by atoms with Crippen molar-refractivity contribution in [1.82, 2.24) is 5.32 Å². The van der Waals surface area contributed by atoms with E-state index in [-0.39, 0.29) is 16.9 Å². The minimum Gasteiger partial charge on any atom is -0.313 e. The highest BCUT2D eigenvalue weighted by atomic mass is 32.2. The van der Waals surface area contributed by atoms with Gasteiger partial charge in [0, 0.05) is 6.04 Å². The summed E-state index contributed by atoms with van der Waals surface area (Å²) in [5, 5.41) is 2.61. The maximum atomic E-state index is 13.3. The molecule has 2 rings (SSSR count). The Balaban J connectivity index is 2.72. The lowest BCUT2D eigenvalue weighted by Crippen LogP contribution is -2.40. The van der Waals surface area contributed by atoms with E-state index in [1.165, 1.54) is 18.2 Å². The molecule has 5 heteroatoms. The zero-order chi connectivity index (χ0) is 12.8. The normalized spacial score (nSPS) is 30.9. The van der Waals surface area contributed by atoms with Crippen molar-refractivity contribution in [3.8, 4) is 0 Å². The molecule has 0 saturated heterocycles. The zero-order valence-electron chi connectivity index (χ0n) is 10.1. The summed E-state index contributed by atoms with van der Waals surface area (Å²) in [6.45, 7) is 3.58. The van der Waals surface area contributed by atoms with Crippen LogP contribution in [0.5, 0.6) is 0 Å². The van der Waals surface area contributed by atoms with E-state index in [1.54, 1.807) is 14.0 Å². The lowest BCUT2D eigenvalue weighted by molar-refractivity contribution is 0.377. The quantitative estimate of drug-likeness (QED) is 0.782.